The number of ether oxygens (including phenoxy) is 1. The highest BCUT2D eigenvalue weighted by Gasteiger charge is 2.34. The van der Waals surface area contributed by atoms with Gasteiger partial charge in [-0.05, 0) is 26.0 Å². The summed E-state index contributed by atoms with van der Waals surface area (Å²) >= 11 is 0. The fourth-order valence-corrected chi connectivity index (χ4v) is 6.28. The number of para-hydroxylation sites is 1. The van der Waals surface area contributed by atoms with Crippen molar-refractivity contribution in [2.75, 3.05) is 57.4 Å². The van der Waals surface area contributed by atoms with Gasteiger partial charge in [0.15, 0.2) is 5.76 Å². The van der Waals surface area contributed by atoms with Gasteiger partial charge in [-0.15, -0.1) is 0 Å². The Hall–Kier alpha value is -3.02. The van der Waals surface area contributed by atoms with Crippen LogP contribution in [0, 0.1) is 13.8 Å². The third-order valence-electron chi connectivity index (χ3n) is 6.36. The van der Waals surface area contributed by atoms with Gasteiger partial charge in [0.1, 0.15) is 16.4 Å². The number of nitrogens with zero attached hydrogens (tertiary/aromatic N) is 5. The molecule has 4 heterocycles. The van der Waals surface area contributed by atoms with Crippen LogP contribution in [-0.4, -0.2) is 86.2 Å². The Labute approximate surface area is 198 Å². The van der Waals surface area contributed by atoms with Gasteiger partial charge in [0.05, 0.1) is 24.3 Å². The summed E-state index contributed by atoms with van der Waals surface area (Å²) in [6, 6.07) is 9.44. The maximum Gasteiger partial charge on any atom is 0.254 e. The molecular formula is C23H27N5O5S. The molecule has 10 nitrogen and oxygen atoms in total. The topological polar surface area (TPSA) is 109 Å². The van der Waals surface area contributed by atoms with E-state index in [4.69, 9.17) is 14.2 Å². The van der Waals surface area contributed by atoms with Crippen molar-refractivity contribution in [3.63, 3.8) is 0 Å². The van der Waals surface area contributed by atoms with Gasteiger partial charge in [0, 0.05) is 44.7 Å². The van der Waals surface area contributed by atoms with E-state index in [2.05, 4.69) is 5.16 Å². The number of aromatic nitrogens is 2. The minimum atomic E-state index is -3.70. The van der Waals surface area contributed by atoms with Gasteiger partial charge in [-0.25, -0.2) is 13.4 Å². The summed E-state index contributed by atoms with van der Waals surface area (Å²) in [5.41, 5.74) is 1.71. The van der Waals surface area contributed by atoms with Crippen LogP contribution in [0.15, 0.2) is 39.8 Å². The first-order chi connectivity index (χ1) is 16.4. The normalized spacial score (nSPS) is 17.9. The van der Waals surface area contributed by atoms with Crippen molar-refractivity contribution < 1.29 is 22.5 Å². The van der Waals surface area contributed by atoms with Crippen LogP contribution in [0.4, 0.5) is 5.82 Å². The molecule has 2 aliphatic rings. The van der Waals surface area contributed by atoms with Crippen molar-refractivity contribution in [2.45, 2.75) is 18.7 Å². The van der Waals surface area contributed by atoms with Gasteiger partial charge in [-0.2, -0.15) is 4.31 Å². The van der Waals surface area contributed by atoms with Crippen LogP contribution in [-0.2, 0) is 14.8 Å². The Bertz CT molecular complexity index is 1310. The van der Waals surface area contributed by atoms with E-state index in [1.54, 1.807) is 13.8 Å². The fourth-order valence-electron chi connectivity index (χ4n) is 4.57. The van der Waals surface area contributed by atoms with Crippen LogP contribution in [0.1, 0.15) is 21.8 Å². The number of morpholine rings is 1. The van der Waals surface area contributed by atoms with Gasteiger partial charge < -0.3 is 19.1 Å². The van der Waals surface area contributed by atoms with Crippen LogP contribution in [0.2, 0.25) is 0 Å². The van der Waals surface area contributed by atoms with Gasteiger partial charge in [-0.3, -0.25) is 4.79 Å². The molecule has 0 aliphatic carbocycles. The lowest BCUT2D eigenvalue weighted by atomic mass is 10.1. The number of carbonyl (C=O) groups is 1. The summed E-state index contributed by atoms with van der Waals surface area (Å²) in [5.74, 6) is 0.926. The van der Waals surface area contributed by atoms with E-state index < -0.39 is 10.0 Å². The minimum Gasteiger partial charge on any atom is -0.378 e. The van der Waals surface area contributed by atoms with Crippen molar-refractivity contribution in [2.24, 2.45) is 0 Å². The SMILES string of the molecule is Cc1noc(C)c1S(=O)(=O)N1CCN(c2cc(C(=O)N3CCOCC3)c3ccccc3n2)CC1. The molecule has 11 heteroatoms. The number of rotatable bonds is 4. The van der Waals surface area contributed by atoms with E-state index in [1.165, 1.54) is 4.31 Å². The standard InChI is InChI=1S/C23H27N5O5S/c1-16-22(17(2)33-25-16)34(30,31)28-9-7-26(8-10-28)21-15-19(18-5-3-4-6-20(18)24-21)23(29)27-11-13-32-14-12-27/h3-6,15H,7-14H2,1-2H3. The van der Waals surface area contributed by atoms with Crippen molar-refractivity contribution in [3.8, 4) is 0 Å². The number of anilines is 1. The Morgan fingerprint density at radius 1 is 1.00 bits per heavy atom. The smallest absolute Gasteiger partial charge is 0.254 e. The zero-order chi connectivity index (χ0) is 23.9. The third-order valence-corrected chi connectivity index (χ3v) is 8.50. The lowest BCUT2D eigenvalue weighted by Crippen LogP contribution is -2.49. The molecule has 2 fully saturated rings. The van der Waals surface area contributed by atoms with Crippen molar-refractivity contribution in [1.29, 1.82) is 0 Å². The molecule has 2 saturated heterocycles. The van der Waals surface area contributed by atoms with Gasteiger partial charge in [-0.1, -0.05) is 23.4 Å². The molecule has 1 aromatic carbocycles. The number of pyridine rings is 1. The average Bonchev–Trinajstić information content (AvgIpc) is 3.22. The van der Waals surface area contributed by atoms with E-state index in [0.717, 1.165) is 10.9 Å². The Morgan fingerprint density at radius 2 is 1.71 bits per heavy atom. The summed E-state index contributed by atoms with van der Waals surface area (Å²) in [6.07, 6.45) is 0. The number of benzene rings is 1. The van der Waals surface area contributed by atoms with E-state index in [-0.39, 0.29) is 10.8 Å². The first-order valence-corrected chi connectivity index (χ1v) is 12.7. The molecule has 3 aromatic rings. The lowest BCUT2D eigenvalue weighted by molar-refractivity contribution is 0.0304. The summed E-state index contributed by atoms with van der Waals surface area (Å²) in [5, 5.41) is 4.60. The highest BCUT2D eigenvalue weighted by molar-refractivity contribution is 7.89. The third kappa shape index (κ3) is 4.04. The molecule has 0 bridgehead atoms. The molecule has 0 spiro atoms. The van der Waals surface area contributed by atoms with Crippen LogP contribution >= 0.6 is 0 Å². The van der Waals surface area contributed by atoms with Crippen LogP contribution in [0.25, 0.3) is 10.9 Å². The van der Waals surface area contributed by atoms with Crippen molar-refractivity contribution in [1.82, 2.24) is 19.3 Å². The molecule has 180 valence electrons. The Kier molecular flexibility index (Phi) is 6.00. The second kappa shape index (κ2) is 8.97. The zero-order valence-corrected chi connectivity index (χ0v) is 20.0. The van der Waals surface area contributed by atoms with Crippen molar-refractivity contribution in [3.05, 3.63) is 47.3 Å². The average molecular weight is 486 g/mol. The van der Waals surface area contributed by atoms with Crippen LogP contribution in [0.5, 0.6) is 0 Å². The number of fused-ring (bicyclic) bond motifs is 1. The van der Waals surface area contributed by atoms with Crippen LogP contribution < -0.4 is 4.90 Å². The molecule has 5 rings (SSSR count). The van der Waals surface area contributed by atoms with Crippen LogP contribution in [0.3, 0.4) is 0 Å². The number of hydrogen-bond acceptors (Lipinski definition) is 8. The summed E-state index contributed by atoms with van der Waals surface area (Å²) < 4.78 is 38.2. The molecule has 0 radical (unpaired) electrons. The second-order valence-electron chi connectivity index (χ2n) is 8.49. The number of amides is 1. The van der Waals surface area contributed by atoms with E-state index in [1.807, 2.05) is 40.1 Å². The predicted octanol–water partition coefficient (Wildman–Crippen LogP) is 1.82. The number of aryl methyl sites for hydroxylation is 2. The molecular weight excluding hydrogens is 458 g/mol. The second-order valence-corrected chi connectivity index (χ2v) is 10.4. The van der Waals surface area contributed by atoms with E-state index in [9.17, 15) is 13.2 Å². The fraction of sp³-hybridized carbons (Fsp3) is 0.435. The molecule has 2 aromatic heterocycles. The quantitative estimate of drug-likeness (QED) is 0.551. The zero-order valence-electron chi connectivity index (χ0n) is 19.2. The van der Waals surface area contributed by atoms with Gasteiger partial charge in [0.2, 0.25) is 10.0 Å². The molecule has 34 heavy (non-hydrogen) atoms. The molecule has 0 atom stereocenters. The lowest BCUT2D eigenvalue weighted by Gasteiger charge is -2.35. The first kappa shape index (κ1) is 22.8. The molecule has 1 amide bonds. The van der Waals surface area contributed by atoms with Gasteiger partial charge in [0.25, 0.3) is 5.91 Å². The first-order valence-electron chi connectivity index (χ1n) is 11.3. The van der Waals surface area contributed by atoms with Gasteiger partial charge >= 0.3 is 0 Å². The molecule has 0 N–H and O–H groups in total. The molecule has 2 aliphatic heterocycles. The largest absolute Gasteiger partial charge is 0.378 e. The highest BCUT2D eigenvalue weighted by atomic mass is 32.2. The summed E-state index contributed by atoms with van der Waals surface area (Å²) in [7, 11) is -3.70. The van der Waals surface area contributed by atoms with Crippen molar-refractivity contribution >= 4 is 32.7 Å². The minimum absolute atomic E-state index is 0.0391. The maximum atomic E-state index is 13.3. The number of piperazine rings is 1. The summed E-state index contributed by atoms with van der Waals surface area (Å²) in [4.78, 5) is 22.1. The number of sulfonamides is 1. The van der Waals surface area contributed by atoms with E-state index >= 15 is 0 Å². The summed E-state index contributed by atoms with van der Waals surface area (Å²) in [6.45, 7) is 6.93. The number of carbonyl (C=O) groups excluding carboxylic acids is 1. The van der Waals surface area contributed by atoms with E-state index in [0.29, 0.717) is 75.3 Å². The highest BCUT2D eigenvalue weighted by Crippen LogP contribution is 2.28. The maximum absolute atomic E-state index is 13.3. The Morgan fingerprint density at radius 3 is 2.38 bits per heavy atom. The molecule has 0 unspecified atom stereocenters. The molecule has 0 saturated carbocycles. The monoisotopic (exact) mass is 485 g/mol. The number of hydrogen-bond donors (Lipinski definition) is 0. The predicted molar refractivity (Wildman–Crippen MR) is 125 cm³/mol. The Balaban J connectivity index is 1.41.